The van der Waals surface area contributed by atoms with E-state index in [2.05, 4.69) is 9.72 Å². The van der Waals surface area contributed by atoms with Crippen LogP contribution >= 0.6 is 11.3 Å². The first-order chi connectivity index (χ1) is 13.7. The molecule has 29 heavy (non-hydrogen) atoms. The number of para-hydroxylation sites is 1. The normalized spacial score (nSPS) is 13.6. The summed E-state index contributed by atoms with van der Waals surface area (Å²) in [6, 6.07) is 10.9. The minimum Gasteiger partial charge on any atom is -0.466 e. The van der Waals surface area contributed by atoms with Gasteiger partial charge in [0.2, 0.25) is 0 Å². The molecular weight excluding hydrogens is 414 g/mol. The monoisotopic (exact) mass is 427 g/mol. The highest BCUT2D eigenvalue weighted by Gasteiger charge is 2.64. The van der Waals surface area contributed by atoms with Gasteiger partial charge in [0.05, 0.1) is 22.9 Å². The second-order valence-electron chi connectivity index (χ2n) is 5.79. The number of ether oxygens (including phenoxy) is 1. The molecule has 152 valence electrons. The fourth-order valence-corrected chi connectivity index (χ4v) is 3.43. The number of esters is 1. The predicted octanol–water partition coefficient (Wildman–Crippen LogP) is 3.71. The third-order valence-corrected chi connectivity index (χ3v) is 4.88. The Kier molecular flexibility index (Phi) is 5.42. The summed E-state index contributed by atoms with van der Waals surface area (Å²) in [6.07, 6.45) is -5.35. The second-order valence-corrected chi connectivity index (χ2v) is 6.82. The smallest absolute Gasteiger partial charge is 0.442 e. The predicted molar refractivity (Wildman–Crippen MR) is 97.9 cm³/mol. The zero-order valence-corrected chi connectivity index (χ0v) is 15.5. The van der Waals surface area contributed by atoms with Crippen LogP contribution in [0.5, 0.6) is 0 Å². The van der Waals surface area contributed by atoms with Crippen molar-refractivity contribution >= 4 is 38.6 Å². The standard InChI is InChI=1S/C18H13F4N3O3S/c1-28-15(27)17(18(20,21)22,24-14(26)10-6-2-3-7-11(10)19)25-16-23-12-8-4-5-9-13(12)29-16/h2-9H,1H3,(H,23,25)(H,24,26)/t17-/m0/s1. The number of carbonyl (C=O) groups excluding carboxylic acids is 2. The lowest BCUT2D eigenvalue weighted by molar-refractivity contribution is -0.203. The lowest BCUT2D eigenvalue weighted by Crippen LogP contribution is -2.69. The van der Waals surface area contributed by atoms with Crippen LogP contribution in [-0.4, -0.2) is 35.8 Å². The minimum atomic E-state index is -5.35. The van der Waals surface area contributed by atoms with Gasteiger partial charge in [-0.05, 0) is 24.3 Å². The highest BCUT2D eigenvalue weighted by Crippen LogP contribution is 2.36. The van der Waals surface area contributed by atoms with Crippen molar-refractivity contribution in [2.24, 2.45) is 0 Å². The van der Waals surface area contributed by atoms with E-state index < -0.39 is 35.1 Å². The fraction of sp³-hybridized carbons (Fsp3) is 0.167. The molecular formula is C18H13F4N3O3S. The summed E-state index contributed by atoms with van der Waals surface area (Å²) in [4.78, 5) is 28.6. The van der Waals surface area contributed by atoms with Crippen LogP contribution in [0.15, 0.2) is 48.5 Å². The Morgan fingerprint density at radius 3 is 2.34 bits per heavy atom. The molecule has 3 rings (SSSR count). The lowest BCUT2D eigenvalue weighted by atomic mass is 10.1. The number of thiazole rings is 1. The molecule has 0 bridgehead atoms. The molecule has 3 aromatic rings. The first kappa shape index (κ1) is 20.5. The van der Waals surface area contributed by atoms with Crippen LogP contribution in [0.1, 0.15) is 10.4 Å². The number of benzene rings is 2. The third kappa shape index (κ3) is 3.86. The number of alkyl halides is 3. The molecule has 2 N–H and O–H groups in total. The van der Waals surface area contributed by atoms with Gasteiger partial charge in [-0.25, -0.2) is 14.2 Å². The Balaban J connectivity index is 2.06. The molecule has 2 aromatic carbocycles. The average Bonchev–Trinajstić information content (AvgIpc) is 3.08. The summed E-state index contributed by atoms with van der Waals surface area (Å²) in [5, 5.41) is 3.21. The topological polar surface area (TPSA) is 80.3 Å². The molecule has 1 atom stereocenters. The van der Waals surface area contributed by atoms with Crippen molar-refractivity contribution in [1.29, 1.82) is 0 Å². The molecule has 0 unspecified atom stereocenters. The number of halogens is 4. The number of fused-ring (bicyclic) bond motifs is 1. The number of nitrogens with one attached hydrogen (secondary N) is 2. The molecule has 0 saturated carbocycles. The maximum atomic E-state index is 14.0. The van der Waals surface area contributed by atoms with Crippen LogP contribution in [-0.2, 0) is 9.53 Å². The van der Waals surface area contributed by atoms with Crippen LogP contribution in [0.2, 0.25) is 0 Å². The van der Waals surface area contributed by atoms with Crippen molar-refractivity contribution in [3.05, 3.63) is 59.9 Å². The molecule has 0 fully saturated rings. The maximum absolute atomic E-state index is 14.0. The number of carbonyl (C=O) groups is 2. The maximum Gasteiger partial charge on any atom is 0.442 e. The Bertz CT molecular complexity index is 1040. The van der Waals surface area contributed by atoms with E-state index in [-0.39, 0.29) is 5.13 Å². The van der Waals surface area contributed by atoms with Crippen molar-refractivity contribution in [2.75, 3.05) is 12.4 Å². The SMILES string of the molecule is COC(=O)[C@](NC(=O)c1ccccc1F)(Nc1nc2ccccc2s1)C(F)(F)F. The summed E-state index contributed by atoms with van der Waals surface area (Å²) < 4.78 is 60.8. The molecule has 1 heterocycles. The summed E-state index contributed by atoms with van der Waals surface area (Å²) >= 11 is 0.839. The number of amides is 1. The van der Waals surface area contributed by atoms with E-state index in [0.29, 0.717) is 10.2 Å². The molecule has 0 aliphatic carbocycles. The van der Waals surface area contributed by atoms with Gasteiger partial charge in [-0.2, -0.15) is 13.2 Å². The highest BCUT2D eigenvalue weighted by atomic mass is 32.1. The van der Waals surface area contributed by atoms with Crippen molar-refractivity contribution in [3.8, 4) is 0 Å². The first-order valence-corrected chi connectivity index (χ1v) is 8.85. The summed E-state index contributed by atoms with van der Waals surface area (Å²) in [5.41, 5.74) is -3.97. The fourth-order valence-electron chi connectivity index (χ4n) is 2.51. The van der Waals surface area contributed by atoms with Gasteiger partial charge in [0.15, 0.2) is 5.13 Å². The van der Waals surface area contributed by atoms with Gasteiger partial charge in [-0.15, -0.1) is 0 Å². The molecule has 1 aromatic heterocycles. The van der Waals surface area contributed by atoms with Gasteiger partial charge < -0.3 is 15.4 Å². The number of rotatable bonds is 5. The minimum absolute atomic E-state index is 0.289. The van der Waals surface area contributed by atoms with Gasteiger partial charge in [0.1, 0.15) is 5.82 Å². The number of hydrogen-bond donors (Lipinski definition) is 2. The summed E-state index contributed by atoms with van der Waals surface area (Å²) in [5.74, 6) is -4.35. The Labute approximate surface area is 165 Å². The quantitative estimate of drug-likeness (QED) is 0.369. The first-order valence-electron chi connectivity index (χ1n) is 8.04. The Hall–Kier alpha value is -3.21. The zero-order chi connectivity index (χ0) is 21.2. The van der Waals surface area contributed by atoms with Gasteiger partial charge in [0.25, 0.3) is 5.91 Å². The molecule has 6 nitrogen and oxygen atoms in total. The largest absolute Gasteiger partial charge is 0.466 e. The van der Waals surface area contributed by atoms with E-state index in [0.717, 1.165) is 30.6 Å². The molecule has 11 heteroatoms. The third-order valence-electron chi connectivity index (χ3n) is 3.92. The molecule has 0 radical (unpaired) electrons. The number of hydrogen-bond acceptors (Lipinski definition) is 6. The van der Waals surface area contributed by atoms with Crippen molar-refractivity contribution in [1.82, 2.24) is 10.3 Å². The summed E-state index contributed by atoms with van der Waals surface area (Å²) in [6.45, 7) is 0. The van der Waals surface area contributed by atoms with Crippen molar-refractivity contribution in [3.63, 3.8) is 0 Å². The van der Waals surface area contributed by atoms with Crippen LogP contribution in [0.25, 0.3) is 10.2 Å². The van der Waals surface area contributed by atoms with Crippen LogP contribution in [0.4, 0.5) is 22.7 Å². The van der Waals surface area contributed by atoms with E-state index in [1.54, 1.807) is 29.6 Å². The van der Waals surface area contributed by atoms with Gasteiger partial charge in [-0.1, -0.05) is 35.6 Å². The molecule has 0 aliphatic rings. The average molecular weight is 427 g/mol. The van der Waals surface area contributed by atoms with Crippen molar-refractivity contribution in [2.45, 2.75) is 11.8 Å². The van der Waals surface area contributed by atoms with Gasteiger partial charge in [-0.3, -0.25) is 4.79 Å². The highest BCUT2D eigenvalue weighted by molar-refractivity contribution is 7.22. The molecule has 0 aliphatic heterocycles. The van der Waals surface area contributed by atoms with Crippen LogP contribution in [0.3, 0.4) is 0 Å². The van der Waals surface area contributed by atoms with Crippen LogP contribution in [0, 0.1) is 5.82 Å². The second kappa shape index (κ2) is 7.66. The van der Waals surface area contributed by atoms with E-state index in [1.807, 2.05) is 5.32 Å². The molecule has 0 spiro atoms. The number of methoxy groups -OCH3 is 1. The summed E-state index contributed by atoms with van der Waals surface area (Å²) in [7, 11) is 0.734. The Morgan fingerprint density at radius 2 is 1.72 bits per heavy atom. The molecule has 0 saturated heterocycles. The van der Waals surface area contributed by atoms with E-state index in [9.17, 15) is 27.2 Å². The van der Waals surface area contributed by atoms with E-state index in [1.165, 1.54) is 12.1 Å². The Morgan fingerprint density at radius 1 is 1.07 bits per heavy atom. The van der Waals surface area contributed by atoms with Gasteiger partial charge >= 0.3 is 17.8 Å². The van der Waals surface area contributed by atoms with Crippen molar-refractivity contribution < 1.29 is 31.9 Å². The van der Waals surface area contributed by atoms with E-state index in [4.69, 9.17) is 0 Å². The molecule has 1 amide bonds. The number of anilines is 1. The van der Waals surface area contributed by atoms with Crippen LogP contribution < -0.4 is 10.6 Å². The van der Waals surface area contributed by atoms with Gasteiger partial charge in [0, 0.05) is 0 Å². The zero-order valence-electron chi connectivity index (χ0n) is 14.7. The lowest BCUT2D eigenvalue weighted by Gasteiger charge is -2.34. The van der Waals surface area contributed by atoms with E-state index >= 15 is 0 Å². The number of nitrogens with zero attached hydrogens (tertiary/aromatic N) is 1. The number of aromatic nitrogens is 1.